The summed E-state index contributed by atoms with van der Waals surface area (Å²) in [6.45, 7) is 2.04. The van der Waals surface area contributed by atoms with Crippen molar-refractivity contribution in [3.05, 3.63) is 66.0 Å². The summed E-state index contributed by atoms with van der Waals surface area (Å²) in [6.07, 6.45) is -1.02. The summed E-state index contributed by atoms with van der Waals surface area (Å²) in [5.41, 5.74) is 0.542. The van der Waals surface area contributed by atoms with Crippen molar-refractivity contribution in [2.45, 2.75) is 19.0 Å². The van der Waals surface area contributed by atoms with E-state index in [2.05, 4.69) is 20.5 Å². The number of carbonyl (C=O) groups excluding carboxylic acids is 1. The number of anilines is 2. The summed E-state index contributed by atoms with van der Waals surface area (Å²) in [7, 11) is 0. The fraction of sp³-hybridized carbons (Fsp3) is 0.250. The monoisotopic (exact) mass is 401 g/mol. The second-order valence-corrected chi connectivity index (χ2v) is 6.76. The number of nitrogens with zero attached hydrogens (tertiary/aromatic N) is 4. The summed E-state index contributed by atoms with van der Waals surface area (Å²) in [6, 6.07) is 12.4. The number of benzene rings is 2. The van der Waals surface area contributed by atoms with E-state index in [4.69, 9.17) is 0 Å². The van der Waals surface area contributed by atoms with Gasteiger partial charge in [-0.2, -0.15) is 13.2 Å². The fourth-order valence-electron chi connectivity index (χ4n) is 3.32. The van der Waals surface area contributed by atoms with Crippen molar-refractivity contribution in [1.82, 2.24) is 15.0 Å². The topological polar surface area (TPSA) is 63.1 Å². The standard InChI is InChI=1S/C20H18F3N5O/c21-20(22,23)16-5-1-2-6-18(16)28-13-17(25-26-28)19(29)24-14-7-9-15(10-8-14)27-11-3-4-12-27/h1-2,5-10,13H,3-4,11-12H2,(H,24,29). The lowest BCUT2D eigenvalue weighted by atomic mass is 10.1. The molecule has 1 aromatic heterocycles. The van der Waals surface area contributed by atoms with Gasteiger partial charge in [0.2, 0.25) is 0 Å². The van der Waals surface area contributed by atoms with Crippen LogP contribution in [-0.2, 0) is 6.18 Å². The van der Waals surface area contributed by atoms with Crippen molar-refractivity contribution in [3.63, 3.8) is 0 Å². The molecule has 0 aliphatic carbocycles. The van der Waals surface area contributed by atoms with Gasteiger partial charge in [-0.25, -0.2) is 4.68 Å². The molecule has 1 aliphatic heterocycles. The van der Waals surface area contributed by atoms with Crippen molar-refractivity contribution in [1.29, 1.82) is 0 Å². The molecule has 150 valence electrons. The number of halogens is 3. The average Bonchev–Trinajstić information content (AvgIpc) is 3.40. The SMILES string of the molecule is O=C(Nc1ccc(N2CCCC2)cc1)c1cn(-c2ccccc2C(F)(F)F)nn1. The predicted molar refractivity (Wildman–Crippen MR) is 102 cm³/mol. The van der Waals surface area contributed by atoms with Gasteiger partial charge in [-0.1, -0.05) is 17.3 Å². The van der Waals surface area contributed by atoms with Crippen LogP contribution in [-0.4, -0.2) is 34.0 Å². The van der Waals surface area contributed by atoms with Gasteiger partial charge in [0.15, 0.2) is 5.69 Å². The molecule has 2 aromatic carbocycles. The van der Waals surface area contributed by atoms with E-state index in [9.17, 15) is 18.0 Å². The Morgan fingerprint density at radius 2 is 1.69 bits per heavy atom. The molecule has 29 heavy (non-hydrogen) atoms. The summed E-state index contributed by atoms with van der Waals surface area (Å²) < 4.78 is 40.5. The highest BCUT2D eigenvalue weighted by Gasteiger charge is 2.34. The minimum absolute atomic E-state index is 0.0782. The average molecular weight is 401 g/mol. The molecule has 0 unspecified atom stereocenters. The maximum Gasteiger partial charge on any atom is 0.418 e. The van der Waals surface area contributed by atoms with Gasteiger partial charge in [-0.3, -0.25) is 4.79 Å². The third kappa shape index (κ3) is 4.08. The van der Waals surface area contributed by atoms with E-state index in [1.807, 2.05) is 12.1 Å². The number of hydrogen-bond acceptors (Lipinski definition) is 4. The van der Waals surface area contributed by atoms with Crippen molar-refractivity contribution >= 4 is 17.3 Å². The van der Waals surface area contributed by atoms with E-state index in [0.29, 0.717) is 5.69 Å². The smallest absolute Gasteiger partial charge is 0.372 e. The lowest BCUT2D eigenvalue weighted by Crippen LogP contribution is -2.17. The molecule has 0 bridgehead atoms. The van der Waals surface area contributed by atoms with Gasteiger partial charge in [0, 0.05) is 24.5 Å². The third-order valence-electron chi connectivity index (χ3n) is 4.78. The summed E-state index contributed by atoms with van der Waals surface area (Å²) >= 11 is 0. The first-order chi connectivity index (χ1) is 13.9. The second kappa shape index (κ2) is 7.57. The van der Waals surface area contributed by atoms with E-state index in [1.165, 1.54) is 37.2 Å². The predicted octanol–water partition coefficient (Wildman–Crippen LogP) is 4.14. The number of carbonyl (C=O) groups is 1. The van der Waals surface area contributed by atoms with Crippen LogP contribution in [0.1, 0.15) is 28.9 Å². The molecule has 0 spiro atoms. The van der Waals surface area contributed by atoms with E-state index in [0.717, 1.165) is 29.5 Å². The molecular weight excluding hydrogens is 383 g/mol. The molecule has 1 N–H and O–H groups in total. The zero-order chi connectivity index (χ0) is 20.4. The van der Waals surface area contributed by atoms with E-state index < -0.39 is 17.6 Å². The van der Waals surface area contributed by atoms with Gasteiger partial charge in [-0.15, -0.1) is 5.10 Å². The van der Waals surface area contributed by atoms with Crippen LogP contribution < -0.4 is 10.2 Å². The Bertz CT molecular complexity index is 1010. The minimum atomic E-state index is -4.54. The van der Waals surface area contributed by atoms with Crippen LogP contribution >= 0.6 is 0 Å². The highest BCUT2D eigenvalue weighted by Crippen LogP contribution is 2.33. The van der Waals surface area contributed by atoms with Crippen LogP contribution in [0.15, 0.2) is 54.7 Å². The summed E-state index contributed by atoms with van der Waals surface area (Å²) in [5, 5.41) is 10.1. The van der Waals surface area contributed by atoms with Crippen molar-refractivity contribution in [2.24, 2.45) is 0 Å². The molecule has 1 amide bonds. The van der Waals surface area contributed by atoms with Gasteiger partial charge in [-0.05, 0) is 49.2 Å². The molecule has 0 atom stereocenters. The highest BCUT2D eigenvalue weighted by molar-refractivity contribution is 6.02. The second-order valence-electron chi connectivity index (χ2n) is 6.76. The number of aromatic nitrogens is 3. The molecule has 0 saturated carbocycles. The quantitative estimate of drug-likeness (QED) is 0.714. The zero-order valence-electron chi connectivity index (χ0n) is 15.4. The number of nitrogens with one attached hydrogen (secondary N) is 1. The Morgan fingerprint density at radius 1 is 1.00 bits per heavy atom. The van der Waals surface area contributed by atoms with E-state index >= 15 is 0 Å². The maximum atomic E-state index is 13.2. The van der Waals surface area contributed by atoms with Crippen molar-refractivity contribution in [2.75, 3.05) is 23.3 Å². The first-order valence-electron chi connectivity index (χ1n) is 9.17. The van der Waals surface area contributed by atoms with Crippen LogP contribution in [0.4, 0.5) is 24.5 Å². The van der Waals surface area contributed by atoms with Gasteiger partial charge in [0.05, 0.1) is 17.4 Å². The molecule has 6 nitrogen and oxygen atoms in total. The van der Waals surface area contributed by atoms with Crippen molar-refractivity contribution in [3.8, 4) is 5.69 Å². The van der Waals surface area contributed by atoms with Crippen LogP contribution in [0.2, 0.25) is 0 Å². The van der Waals surface area contributed by atoms with Gasteiger partial charge < -0.3 is 10.2 Å². The first kappa shape index (κ1) is 19.0. The van der Waals surface area contributed by atoms with Gasteiger partial charge in [0.1, 0.15) is 0 Å². The normalized spacial score (nSPS) is 14.2. The van der Waals surface area contributed by atoms with E-state index in [1.54, 1.807) is 12.1 Å². The van der Waals surface area contributed by atoms with Crippen LogP contribution in [0.25, 0.3) is 5.69 Å². The minimum Gasteiger partial charge on any atom is -0.372 e. The number of alkyl halides is 3. The summed E-state index contributed by atoms with van der Waals surface area (Å²) in [4.78, 5) is 14.7. The zero-order valence-corrected chi connectivity index (χ0v) is 15.4. The molecule has 3 aromatic rings. The van der Waals surface area contributed by atoms with E-state index in [-0.39, 0.29) is 11.4 Å². The number of para-hydroxylation sites is 1. The number of hydrogen-bond donors (Lipinski definition) is 1. The van der Waals surface area contributed by atoms with Crippen LogP contribution in [0, 0.1) is 0 Å². The van der Waals surface area contributed by atoms with Crippen LogP contribution in [0.3, 0.4) is 0 Å². The molecule has 4 rings (SSSR count). The number of rotatable bonds is 4. The lowest BCUT2D eigenvalue weighted by molar-refractivity contribution is -0.137. The lowest BCUT2D eigenvalue weighted by Gasteiger charge is -2.17. The Kier molecular flexibility index (Phi) is 4.96. The Balaban J connectivity index is 1.49. The fourth-order valence-corrected chi connectivity index (χ4v) is 3.32. The van der Waals surface area contributed by atoms with Crippen LogP contribution in [0.5, 0.6) is 0 Å². The molecule has 1 fully saturated rings. The first-order valence-corrected chi connectivity index (χ1v) is 9.17. The van der Waals surface area contributed by atoms with Gasteiger partial charge >= 0.3 is 6.18 Å². The Hall–Kier alpha value is -3.36. The number of amides is 1. The molecule has 0 radical (unpaired) electrons. The highest BCUT2D eigenvalue weighted by atomic mass is 19.4. The molecular formula is C20H18F3N5O. The Labute approximate surface area is 164 Å². The molecule has 1 aliphatic rings. The molecule has 9 heteroatoms. The Morgan fingerprint density at radius 3 is 2.38 bits per heavy atom. The summed E-state index contributed by atoms with van der Waals surface area (Å²) in [5.74, 6) is -0.547. The molecule has 1 saturated heterocycles. The van der Waals surface area contributed by atoms with Gasteiger partial charge in [0.25, 0.3) is 5.91 Å². The van der Waals surface area contributed by atoms with Crippen molar-refractivity contribution < 1.29 is 18.0 Å². The maximum absolute atomic E-state index is 13.2. The largest absolute Gasteiger partial charge is 0.418 e. The third-order valence-corrected chi connectivity index (χ3v) is 4.78. The molecule has 2 heterocycles.